The molecular formula is C11H13N5O2S. The minimum absolute atomic E-state index is 0.166. The normalized spacial score (nSPS) is 14.8. The number of anilines is 1. The van der Waals surface area contributed by atoms with Crippen LogP contribution in [-0.4, -0.2) is 41.0 Å². The molecule has 0 unspecified atom stereocenters. The summed E-state index contributed by atoms with van der Waals surface area (Å²) < 4.78 is 24.8. The quantitative estimate of drug-likeness (QED) is 0.808. The molecule has 19 heavy (non-hydrogen) atoms. The van der Waals surface area contributed by atoms with E-state index < -0.39 is 9.84 Å². The molecule has 0 saturated heterocycles. The van der Waals surface area contributed by atoms with Crippen molar-refractivity contribution in [3.8, 4) is 11.3 Å². The van der Waals surface area contributed by atoms with Crippen molar-refractivity contribution >= 4 is 15.7 Å². The molecular weight excluding hydrogens is 266 g/mol. The van der Waals surface area contributed by atoms with E-state index in [-0.39, 0.29) is 5.16 Å². The first-order chi connectivity index (χ1) is 9.05. The Kier molecular flexibility index (Phi) is 2.74. The molecule has 0 spiro atoms. The number of fused-ring (bicyclic) bond motifs is 1. The van der Waals surface area contributed by atoms with Gasteiger partial charge in [0, 0.05) is 25.5 Å². The van der Waals surface area contributed by atoms with E-state index in [4.69, 9.17) is 0 Å². The predicted octanol–water partition coefficient (Wildman–Crippen LogP) is 0.559. The lowest BCUT2D eigenvalue weighted by atomic mass is 10.2. The van der Waals surface area contributed by atoms with Crippen molar-refractivity contribution in [2.75, 3.05) is 18.1 Å². The molecule has 1 aliphatic heterocycles. The Bertz CT molecular complexity index is 722. The Morgan fingerprint density at radius 1 is 1.42 bits per heavy atom. The summed E-state index contributed by atoms with van der Waals surface area (Å²) in [6, 6.07) is 1.68. The molecule has 0 bridgehead atoms. The van der Waals surface area contributed by atoms with Gasteiger partial charge in [0.25, 0.3) is 0 Å². The van der Waals surface area contributed by atoms with Gasteiger partial charge in [0.2, 0.25) is 15.0 Å². The topological polar surface area (TPSA) is 89.8 Å². The Morgan fingerprint density at radius 2 is 2.26 bits per heavy atom. The van der Waals surface area contributed by atoms with Crippen LogP contribution < -0.4 is 5.32 Å². The van der Waals surface area contributed by atoms with Gasteiger partial charge in [0.1, 0.15) is 5.82 Å². The lowest BCUT2D eigenvalue weighted by Crippen LogP contribution is -2.18. The first-order valence-electron chi connectivity index (χ1n) is 5.89. The van der Waals surface area contributed by atoms with E-state index in [0.717, 1.165) is 37.1 Å². The van der Waals surface area contributed by atoms with Crippen LogP contribution in [0.15, 0.2) is 23.6 Å². The third kappa shape index (κ3) is 2.19. The van der Waals surface area contributed by atoms with E-state index >= 15 is 0 Å². The molecule has 0 radical (unpaired) electrons. The van der Waals surface area contributed by atoms with E-state index in [1.165, 1.54) is 6.20 Å². The molecule has 3 heterocycles. The summed E-state index contributed by atoms with van der Waals surface area (Å²) in [7, 11) is -3.41. The summed E-state index contributed by atoms with van der Waals surface area (Å²) in [5.41, 5.74) is 1.36. The molecule has 2 aromatic heterocycles. The van der Waals surface area contributed by atoms with Crippen molar-refractivity contribution in [2.24, 2.45) is 0 Å². The van der Waals surface area contributed by atoms with Gasteiger partial charge in [-0.25, -0.2) is 23.1 Å². The van der Waals surface area contributed by atoms with E-state index in [1.807, 2.05) is 4.68 Å². The average Bonchev–Trinajstić information content (AvgIpc) is 2.82. The molecule has 0 aromatic carbocycles. The molecule has 7 nitrogen and oxygen atoms in total. The van der Waals surface area contributed by atoms with Crippen molar-refractivity contribution < 1.29 is 8.42 Å². The number of hydrogen-bond donors (Lipinski definition) is 1. The molecule has 8 heteroatoms. The maximum absolute atomic E-state index is 11.5. The number of rotatable bonds is 2. The fourth-order valence-corrected chi connectivity index (χ4v) is 2.55. The molecule has 0 aliphatic carbocycles. The second-order valence-electron chi connectivity index (χ2n) is 4.41. The molecule has 0 atom stereocenters. The van der Waals surface area contributed by atoms with Gasteiger partial charge in [-0.3, -0.25) is 0 Å². The maximum Gasteiger partial charge on any atom is 0.247 e. The summed E-state index contributed by atoms with van der Waals surface area (Å²) in [4.78, 5) is 7.89. The fraction of sp³-hybridized carbons (Fsp3) is 0.364. The van der Waals surface area contributed by atoms with E-state index in [2.05, 4.69) is 20.4 Å². The first kappa shape index (κ1) is 12.1. The second-order valence-corrected chi connectivity index (χ2v) is 6.32. The predicted molar refractivity (Wildman–Crippen MR) is 69.5 cm³/mol. The van der Waals surface area contributed by atoms with Gasteiger partial charge >= 0.3 is 0 Å². The van der Waals surface area contributed by atoms with Crippen LogP contribution in [0.2, 0.25) is 0 Å². The number of aromatic nitrogens is 4. The van der Waals surface area contributed by atoms with Gasteiger partial charge in [-0.1, -0.05) is 0 Å². The summed E-state index contributed by atoms with van der Waals surface area (Å²) in [5.74, 6) is 0.879. The Hall–Kier alpha value is -1.96. The highest BCUT2D eigenvalue weighted by atomic mass is 32.2. The number of sulfone groups is 1. The van der Waals surface area contributed by atoms with Crippen LogP contribution in [0.3, 0.4) is 0 Å². The van der Waals surface area contributed by atoms with Gasteiger partial charge in [-0.2, -0.15) is 5.10 Å². The van der Waals surface area contributed by atoms with Crippen molar-refractivity contribution in [1.29, 1.82) is 0 Å². The summed E-state index contributed by atoms with van der Waals surface area (Å²) >= 11 is 0. The van der Waals surface area contributed by atoms with E-state index in [1.54, 1.807) is 12.3 Å². The van der Waals surface area contributed by atoms with Crippen LogP contribution in [-0.2, 0) is 16.4 Å². The average molecular weight is 279 g/mol. The zero-order valence-electron chi connectivity index (χ0n) is 10.4. The molecule has 1 aliphatic rings. The van der Waals surface area contributed by atoms with Gasteiger partial charge in [0.05, 0.1) is 17.5 Å². The van der Waals surface area contributed by atoms with Crippen LogP contribution in [0.1, 0.15) is 6.42 Å². The smallest absolute Gasteiger partial charge is 0.247 e. The van der Waals surface area contributed by atoms with E-state index in [9.17, 15) is 8.42 Å². The molecule has 100 valence electrons. The van der Waals surface area contributed by atoms with Crippen LogP contribution in [0.5, 0.6) is 0 Å². The Morgan fingerprint density at radius 3 is 3.05 bits per heavy atom. The monoisotopic (exact) mass is 279 g/mol. The molecule has 0 amide bonds. The van der Waals surface area contributed by atoms with Crippen molar-refractivity contribution in [3.63, 3.8) is 0 Å². The molecule has 1 N–H and O–H groups in total. The Balaban J connectivity index is 2.10. The number of nitrogens with zero attached hydrogens (tertiary/aromatic N) is 4. The highest BCUT2D eigenvalue weighted by molar-refractivity contribution is 7.90. The summed E-state index contributed by atoms with van der Waals surface area (Å²) in [5, 5.41) is 7.36. The second kappa shape index (κ2) is 4.30. The van der Waals surface area contributed by atoms with Crippen LogP contribution in [0.25, 0.3) is 11.3 Å². The molecule has 3 rings (SSSR count). The lowest BCUT2D eigenvalue weighted by molar-refractivity contribution is 0.568. The zero-order valence-corrected chi connectivity index (χ0v) is 11.2. The van der Waals surface area contributed by atoms with Gasteiger partial charge in [-0.15, -0.1) is 0 Å². The third-order valence-corrected chi connectivity index (χ3v) is 3.78. The first-order valence-corrected chi connectivity index (χ1v) is 7.78. The van der Waals surface area contributed by atoms with Gasteiger partial charge < -0.3 is 5.32 Å². The lowest BCUT2D eigenvalue weighted by Gasteiger charge is -2.16. The Labute approximate surface area is 110 Å². The molecule has 2 aromatic rings. The zero-order chi connectivity index (χ0) is 13.5. The minimum atomic E-state index is -3.41. The van der Waals surface area contributed by atoms with Gasteiger partial charge in [-0.05, 0) is 12.5 Å². The van der Waals surface area contributed by atoms with Crippen molar-refractivity contribution in [2.45, 2.75) is 18.1 Å². The third-order valence-electron chi connectivity index (χ3n) is 2.92. The molecule has 0 saturated carbocycles. The largest absolute Gasteiger partial charge is 0.370 e. The number of hydrogen-bond acceptors (Lipinski definition) is 6. The number of aryl methyl sites for hydroxylation is 1. The highest BCUT2D eigenvalue weighted by Gasteiger charge is 2.18. The summed E-state index contributed by atoms with van der Waals surface area (Å²) in [6.45, 7) is 1.73. The van der Waals surface area contributed by atoms with Gasteiger partial charge in [0.15, 0.2) is 0 Å². The highest BCUT2D eigenvalue weighted by Crippen LogP contribution is 2.28. The number of nitrogens with one attached hydrogen (secondary N) is 1. The van der Waals surface area contributed by atoms with Crippen LogP contribution >= 0.6 is 0 Å². The van der Waals surface area contributed by atoms with Crippen molar-refractivity contribution in [1.82, 2.24) is 19.7 Å². The van der Waals surface area contributed by atoms with Crippen molar-refractivity contribution in [3.05, 3.63) is 18.5 Å². The summed E-state index contributed by atoms with van der Waals surface area (Å²) in [6.07, 6.45) is 5.26. The standard InChI is InChI=1S/C11H13N5O2S/c1-19(17,18)11-13-5-3-9(15-11)8-7-14-16-6-2-4-12-10(8)16/h3,5,7,12H,2,4,6H2,1H3. The fourth-order valence-electron chi connectivity index (χ4n) is 2.03. The van der Waals surface area contributed by atoms with Crippen LogP contribution in [0, 0.1) is 0 Å². The van der Waals surface area contributed by atoms with Crippen LogP contribution in [0.4, 0.5) is 5.82 Å². The SMILES string of the molecule is CS(=O)(=O)c1nccc(-c2cnn3c2NCCC3)n1. The maximum atomic E-state index is 11.5. The van der Waals surface area contributed by atoms with E-state index in [0.29, 0.717) is 5.69 Å². The molecule has 0 fully saturated rings. The minimum Gasteiger partial charge on any atom is -0.370 e.